The highest BCUT2D eigenvalue weighted by molar-refractivity contribution is 7.19. The van der Waals surface area contributed by atoms with Crippen LogP contribution in [0.25, 0.3) is 10.6 Å². The zero-order chi connectivity index (χ0) is 11.5. The van der Waals surface area contributed by atoms with E-state index in [9.17, 15) is 0 Å². The molecular formula is C11H7ClN2OS. The van der Waals surface area contributed by atoms with Gasteiger partial charge in [-0.05, 0) is 24.3 Å². The quantitative estimate of drug-likeness (QED) is 0.821. The highest BCUT2D eigenvalue weighted by Gasteiger charge is 2.10. The zero-order valence-corrected chi connectivity index (χ0v) is 9.97. The maximum Gasteiger partial charge on any atom is 0.170 e. The number of nitrogens with zero attached hydrogens (tertiary/aromatic N) is 2. The number of nitriles is 1. The maximum atomic E-state index is 8.75. The predicted molar refractivity (Wildman–Crippen MR) is 63.8 cm³/mol. The van der Waals surface area contributed by atoms with Gasteiger partial charge in [-0.3, -0.25) is 0 Å². The molecule has 0 radical (unpaired) electrons. The number of hydrogen-bond acceptors (Lipinski definition) is 4. The highest BCUT2D eigenvalue weighted by Crippen LogP contribution is 2.31. The van der Waals surface area contributed by atoms with Gasteiger partial charge in [-0.25, -0.2) is 4.98 Å². The molecule has 0 bridgehead atoms. The Morgan fingerprint density at radius 3 is 2.56 bits per heavy atom. The summed E-state index contributed by atoms with van der Waals surface area (Å²) < 4.78 is 5.48. The number of hydrogen-bond donors (Lipinski definition) is 0. The van der Waals surface area contributed by atoms with Crippen molar-refractivity contribution in [1.82, 2.24) is 4.98 Å². The van der Waals surface area contributed by atoms with Crippen molar-refractivity contribution in [2.45, 2.75) is 0 Å². The molecule has 3 nitrogen and oxygen atoms in total. The minimum absolute atomic E-state index is 0.275. The van der Waals surface area contributed by atoms with Crippen LogP contribution in [0, 0.1) is 11.3 Å². The molecule has 0 N–H and O–H groups in total. The van der Waals surface area contributed by atoms with Crippen molar-refractivity contribution < 1.29 is 4.74 Å². The van der Waals surface area contributed by atoms with Gasteiger partial charge >= 0.3 is 0 Å². The van der Waals surface area contributed by atoms with Gasteiger partial charge in [-0.15, -0.1) is 11.3 Å². The molecule has 16 heavy (non-hydrogen) atoms. The number of thiazole rings is 1. The van der Waals surface area contributed by atoms with Gasteiger partial charge in [0.2, 0.25) is 0 Å². The molecule has 5 heteroatoms. The molecule has 0 atom stereocenters. The third kappa shape index (κ3) is 2.01. The van der Waals surface area contributed by atoms with Crippen LogP contribution in [-0.4, -0.2) is 12.1 Å². The van der Waals surface area contributed by atoms with Crippen LogP contribution in [0.3, 0.4) is 0 Å². The summed E-state index contributed by atoms with van der Waals surface area (Å²) in [6.07, 6.45) is 0. The summed E-state index contributed by atoms with van der Waals surface area (Å²) in [5, 5.41) is 9.49. The van der Waals surface area contributed by atoms with E-state index in [2.05, 4.69) is 4.98 Å². The van der Waals surface area contributed by atoms with E-state index < -0.39 is 0 Å². The van der Waals surface area contributed by atoms with E-state index in [1.165, 1.54) is 11.3 Å². The van der Waals surface area contributed by atoms with Gasteiger partial charge in [0.25, 0.3) is 0 Å². The van der Waals surface area contributed by atoms with E-state index in [1.54, 1.807) is 7.11 Å². The number of rotatable bonds is 2. The standard InChI is InChI=1S/C11H7ClN2OS/c1-15-8-4-2-7(3-5-8)11-14-9(6-13)10(12)16-11/h2-5H,1H3. The molecule has 0 unspecified atom stereocenters. The Labute approximate surface area is 102 Å². The Hall–Kier alpha value is -1.57. The van der Waals surface area contributed by atoms with Crippen molar-refractivity contribution in [2.24, 2.45) is 0 Å². The van der Waals surface area contributed by atoms with Gasteiger partial charge in [0.1, 0.15) is 21.2 Å². The fraction of sp³-hybridized carbons (Fsp3) is 0.0909. The fourth-order valence-electron chi connectivity index (χ4n) is 1.23. The van der Waals surface area contributed by atoms with E-state index in [0.29, 0.717) is 4.34 Å². The average Bonchev–Trinajstić information content (AvgIpc) is 2.71. The molecule has 1 aromatic carbocycles. The van der Waals surface area contributed by atoms with Gasteiger partial charge in [-0.1, -0.05) is 11.6 Å². The van der Waals surface area contributed by atoms with Crippen molar-refractivity contribution in [1.29, 1.82) is 5.26 Å². The summed E-state index contributed by atoms with van der Waals surface area (Å²) in [7, 11) is 1.61. The van der Waals surface area contributed by atoms with Crippen LogP contribution in [0.1, 0.15) is 5.69 Å². The molecule has 0 amide bonds. The van der Waals surface area contributed by atoms with Crippen LogP contribution in [0.15, 0.2) is 24.3 Å². The predicted octanol–water partition coefficient (Wildman–Crippen LogP) is 3.34. The minimum atomic E-state index is 0.275. The third-order valence-electron chi connectivity index (χ3n) is 2.03. The Bertz CT molecular complexity index is 542. The number of methoxy groups -OCH3 is 1. The first-order valence-electron chi connectivity index (χ1n) is 4.45. The van der Waals surface area contributed by atoms with Crippen LogP contribution in [0.2, 0.25) is 4.34 Å². The Morgan fingerprint density at radius 2 is 2.06 bits per heavy atom. The average molecular weight is 251 g/mol. The highest BCUT2D eigenvalue weighted by atomic mass is 35.5. The Balaban J connectivity index is 2.39. The van der Waals surface area contributed by atoms with Crippen molar-refractivity contribution in [3.8, 4) is 22.4 Å². The lowest BCUT2D eigenvalue weighted by Gasteiger charge is -1.99. The second-order valence-corrected chi connectivity index (χ2v) is 4.58. The molecule has 80 valence electrons. The minimum Gasteiger partial charge on any atom is -0.497 e. The van der Waals surface area contributed by atoms with Gasteiger partial charge < -0.3 is 4.74 Å². The normalized spacial score (nSPS) is 9.81. The molecule has 1 heterocycles. The van der Waals surface area contributed by atoms with Gasteiger partial charge in [0.15, 0.2) is 5.69 Å². The van der Waals surface area contributed by atoms with E-state index >= 15 is 0 Å². The van der Waals surface area contributed by atoms with E-state index in [1.807, 2.05) is 30.3 Å². The molecule has 0 saturated carbocycles. The summed E-state index contributed by atoms with van der Waals surface area (Å²) in [6.45, 7) is 0. The van der Waals surface area contributed by atoms with Crippen molar-refractivity contribution in [2.75, 3.05) is 7.11 Å². The van der Waals surface area contributed by atoms with Gasteiger partial charge in [0, 0.05) is 5.56 Å². The number of halogens is 1. The monoisotopic (exact) mass is 250 g/mol. The lowest BCUT2D eigenvalue weighted by molar-refractivity contribution is 0.415. The third-order valence-corrected chi connectivity index (χ3v) is 3.33. The molecule has 1 aromatic heterocycles. The summed E-state index contributed by atoms with van der Waals surface area (Å²) in [5.41, 5.74) is 1.20. The lowest BCUT2D eigenvalue weighted by atomic mass is 10.2. The van der Waals surface area contributed by atoms with Gasteiger partial charge in [-0.2, -0.15) is 5.26 Å². The first kappa shape index (κ1) is 10.9. The molecule has 2 aromatic rings. The smallest absolute Gasteiger partial charge is 0.170 e. The molecule has 0 aliphatic heterocycles. The number of benzene rings is 1. The van der Waals surface area contributed by atoms with E-state index in [0.717, 1.165) is 16.3 Å². The van der Waals surface area contributed by atoms with E-state index in [4.69, 9.17) is 21.6 Å². The molecule has 0 spiro atoms. The molecule has 0 fully saturated rings. The summed E-state index contributed by atoms with van der Waals surface area (Å²) in [5.74, 6) is 0.784. The van der Waals surface area contributed by atoms with Crippen LogP contribution < -0.4 is 4.74 Å². The number of ether oxygens (including phenoxy) is 1. The SMILES string of the molecule is COc1ccc(-c2nc(C#N)c(Cl)s2)cc1. The Morgan fingerprint density at radius 1 is 1.38 bits per heavy atom. The van der Waals surface area contributed by atoms with Crippen molar-refractivity contribution in [3.63, 3.8) is 0 Å². The first-order chi connectivity index (χ1) is 7.74. The fourth-order valence-corrected chi connectivity index (χ4v) is 2.28. The molecule has 0 aliphatic carbocycles. The first-order valence-corrected chi connectivity index (χ1v) is 5.65. The second kappa shape index (κ2) is 4.52. The summed E-state index contributed by atoms with van der Waals surface area (Å²) >= 11 is 7.16. The van der Waals surface area contributed by atoms with Crippen molar-refractivity contribution in [3.05, 3.63) is 34.3 Å². The van der Waals surface area contributed by atoms with E-state index in [-0.39, 0.29) is 5.69 Å². The van der Waals surface area contributed by atoms with Gasteiger partial charge in [0.05, 0.1) is 7.11 Å². The molecule has 0 aliphatic rings. The van der Waals surface area contributed by atoms with Crippen molar-refractivity contribution >= 4 is 22.9 Å². The largest absolute Gasteiger partial charge is 0.497 e. The molecule has 0 saturated heterocycles. The summed E-state index contributed by atoms with van der Waals surface area (Å²) in [4.78, 5) is 4.14. The maximum absolute atomic E-state index is 8.75. The molecular weight excluding hydrogens is 244 g/mol. The molecule has 2 rings (SSSR count). The topological polar surface area (TPSA) is 45.9 Å². The van der Waals surface area contributed by atoms with Crippen LogP contribution in [0.4, 0.5) is 0 Å². The zero-order valence-electron chi connectivity index (χ0n) is 8.40. The second-order valence-electron chi connectivity index (χ2n) is 2.98. The lowest BCUT2D eigenvalue weighted by Crippen LogP contribution is -1.82. The van der Waals surface area contributed by atoms with Crippen LogP contribution >= 0.6 is 22.9 Å². The summed E-state index contributed by atoms with van der Waals surface area (Å²) in [6, 6.07) is 9.41. The number of aromatic nitrogens is 1. The van der Waals surface area contributed by atoms with Crippen LogP contribution in [0.5, 0.6) is 5.75 Å². The van der Waals surface area contributed by atoms with Crippen LogP contribution in [-0.2, 0) is 0 Å². The Kier molecular flexibility index (Phi) is 3.09.